The van der Waals surface area contributed by atoms with Gasteiger partial charge in [0, 0.05) is 10.8 Å². The van der Waals surface area contributed by atoms with Gasteiger partial charge in [-0.1, -0.05) is 55.4 Å². The molecule has 0 amide bonds. The van der Waals surface area contributed by atoms with Crippen LogP contribution in [0.3, 0.4) is 0 Å². The molecular weight excluding hydrogens is 392 g/mol. The molecule has 0 N–H and O–H groups in total. The fraction of sp³-hybridized carbons (Fsp3) is 0.967. The van der Waals surface area contributed by atoms with Crippen molar-refractivity contribution in [1.29, 1.82) is 0 Å². The van der Waals surface area contributed by atoms with Gasteiger partial charge in [-0.15, -0.1) is 0 Å². The van der Waals surface area contributed by atoms with Gasteiger partial charge in [-0.3, -0.25) is 4.79 Å². The third-order valence-electron chi connectivity index (χ3n) is 13.8. The predicted molar refractivity (Wildman–Crippen MR) is 129 cm³/mol. The molecule has 0 radical (unpaired) electrons. The van der Waals surface area contributed by atoms with Crippen LogP contribution >= 0.6 is 0 Å². The zero-order chi connectivity index (χ0) is 23.1. The summed E-state index contributed by atoms with van der Waals surface area (Å²) in [7, 11) is 0. The lowest BCUT2D eigenvalue weighted by molar-refractivity contribution is -0.233. The summed E-state index contributed by atoms with van der Waals surface area (Å²) in [6.07, 6.45) is 11.2. The van der Waals surface area contributed by atoms with Gasteiger partial charge in [-0.2, -0.15) is 0 Å². The number of hydrogen-bond acceptors (Lipinski definition) is 2. The Kier molecular flexibility index (Phi) is 4.31. The van der Waals surface area contributed by atoms with Crippen molar-refractivity contribution in [1.82, 2.24) is 0 Å². The average molecular weight is 441 g/mol. The molecule has 5 aliphatic carbocycles. The van der Waals surface area contributed by atoms with Crippen molar-refractivity contribution in [3.8, 4) is 0 Å². The first kappa shape index (κ1) is 22.1. The summed E-state index contributed by atoms with van der Waals surface area (Å²) < 4.78 is 6.25. The Bertz CT molecular complexity index is 844. The summed E-state index contributed by atoms with van der Waals surface area (Å²) in [5.41, 5.74) is 1.32. The normalized spacial score (nSPS) is 60.2. The van der Waals surface area contributed by atoms with E-state index in [4.69, 9.17) is 4.74 Å². The van der Waals surface area contributed by atoms with E-state index in [0.717, 1.165) is 23.7 Å². The number of rotatable bonds is 1. The van der Waals surface area contributed by atoms with E-state index in [0.29, 0.717) is 33.9 Å². The van der Waals surface area contributed by atoms with Crippen LogP contribution in [0, 0.1) is 62.6 Å². The molecule has 2 nitrogen and oxygen atoms in total. The molecule has 0 bridgehead atoms. The number of fused-ring (bicyclic) bond motifs is 9. The minimum Gasteiger partial charge on any atom is -0.361 e. The third-order valence-corrected chi connectivity index (χ3v) is 13.8. The first-order chi connectivity index (χ1) is 14.8. The Morgan fingerprint density at radius 1 is 0.812 bits per heavy atom. The molecule has 0 spiro atoms. The maximum absolute atomic E-state index is 13.2. The van der Waals surface area contributed by atoms with E-state index in [2.05, 4.69) is 55.4 Å². The van der Waals surface area contributed by atoms with Crippen molar-refractivity contribution in [3.05, 3.63) is 0 Å². The van der Waals surface area contributed by atoms with Crippen molar-refractivity contribution in [3.63, 3.8) is 0 Å². The van der Waals surface area contributed by atoms with Crippen molar-refractivity contribution in [2.75, 3.05) is 0 Å². The van der Waals surface area contributed by atoms with E-state index in [1.165, 1.54) is 51.4 Å². The molecular formula is C30H48O2. The van der Waals surface area contributed by atoms with E-state index >= 15 is 0 Å². The molecule has 6 aliphatic rings. The molecule has 32 heavy (non-hydrogen) atoms. The summed E-state index contributed by atoms with van der Waals surface area (Å²) in [5.74, 6) is 5.10. The van der Waals surface area contributed by atoms with Gasteiger partial charge in [0.1, 0.15) is 6.10 Å². The van der Waals surface area contributed by atoms with Crippen LogP contribution in [-0.4, -0.2) is 18.0 Å². The smallest absolute Gasteiger partial charge is 0.170 e. The molecule has 0 aromatic heterocycles. The largest absolute Gasteiger partial charge is 0.361 e. The highest BCUT2D eigenvalue weighted by Crippen LogP contribution is 2.78. The van der Waals surface area contributed by atoms with Gasteiger partial charge in [-0.05, 0) is 103 Å². The summed E-state index contributed by atoms with van der Waals surface area (Å²) in [4.78, 5) is 13.2. The molecule has 1 aliphatic heterocycles. The molecule has 5 saturated carbocycles. The first-order valence-corrected chi connectivity index (χ1v) is 14.0. The Morgan fingerprint density at radius 3 is 2.22 bits per heavy atom. The summed E-state index contributed by atoms with van der Waals surface area (Å²) in [5, 5.41) is 0. The number of carbonyl (C=O) groups excluding carboxylic acids is 1. The third kappa shape index (κ3) is 2.31. The summed E-state index contributed by atoms with van der Waals surface area (Å²) in [6.45, 7) is 20.1. The maximum atomic E-state index is 13.2. The maximum Gasteiger partial charge on any atom is 0.170 e. The minimum absolute atomic E-state index is 0.103. The minimum atomic E-state index is -0.231. The molecule has 6 fully saturated rings. The fourth-order valence-corrected chi connectivity index (χ4v) is 11.9. The molecule has 1 heterocycles. The van der Waals surface area contributed by atoms with E-state index in [-0.39, 0.29) is 23.0 Å². The molecule has 5 unspecified atom stereocenters. The second-order valence-corrected chi connectivity index (χ2v) is 15.2. The molecule has 1 saturated heterocycles. The van der Waals surface area contributed by atoms with Crippen LogP contribution < -0.4 is 0 Å². The van der Waals surface area contributed by atoms with Crippen molar-refractivity contribution >= 4 is 5.78 Å². The molecule has 180 valence electrons. The van der Waals surface area contributed by atoms with E-state index in [1.54, 1.807) is 0 Å². The molecule has 11 atom stereocenters. The van der Waals surface area contributed by atoms with Crippen LogP contribution in [0.5, 0.6) is 0 Å². The van der Waals surface area contributed by atoms with Gasteiger partial charge >= 0.3 is 0 Å². The quantitative estimate of drug-likeness (QED) is 0.400. The van der Waals surface area contributed by atoms with Crippen LogP contribution in [-0.2, 0) is 9.53 Å². The fourth-order valence-electron chi connectivity index (χ4n) is 11.9. The van der Waals surface area contributed by atoms with E-state index in [1.807, 2.05) is 0 Å². The monoisotopic (exact) mass is 440 g/mol. The lowest BCUT2D eigenvalue weighted by Crippen LogP contribution is -2.68. The van der Waals surface area contributed by atoms with Crippen LogP contribution in [0.25, 0.3) is 0 Å². The predicted octanol–water partition coefficient (Wildman–Crippen LogP) is 7.30. The topological polar surface area (TPSA) is 29.6 Å². The second-order valence-electron chi connectivity index (χ2n) is 15.2. The van der Waals surface area contributed by atoms with Gasteiger partial charge in [0.2, 0.25) is 0 Å². The van der Waals surface area contributed by atoms with Crippen LogP contribution in [0.2, 0.25) is 0 Å². The Labute approximate surface area is 197 Å². The number of Topliss-reactive ketones (excluding diaryl/α,β-unsaturated/α-hetero) is 1. The molecule has 0 aromatic rings. The van der Waals surface area contributed by atoms with Gasteiger partial charge < -0.3 is 4.74 Å². The Balaban J connectivity index is 1.42. The highest BCUT2D eigenvalue weighted by atomic mass is 16.6. The number of carbonyl (C=O) groups is 1. The Hall–Kier alpha value is -0.370. The number of ketones is 1. The van der Waals surface area contributed by atoms with Gasteiger partial charge in [0.05, 0.1) is 6.10 Å². The lowest BCUT2D eigenvalue weighted by atomic mass is 9.32. The van der Waals surface area contributed by atoms with Crippen LogP contribution in [0.4, 0.5) is 0 Å². The lowest BCUT2D eigenvalue weighted by Gasteiger charge is -2.72. The van der Waals surface area contributed by atoms with Crippen molar-refractivity contribution < 1.29 is 9.53 Å². The summed E-state index contributed by atoms with van der Waals surface area (Å²) >= 11 is 0. The first-order valence-electron chi connectivity index (χ1n) is 14.0. The molecule has 0 aromatic carbocycles. The van der Waals surface area contributed by atoms with E-state index < -0.39 is 0 Å². The highest BCUT2D eigenvalue weighted by Gasteiger charge is 2.77. The SMILES string of the molecule is CC(C)[C@@H]1CCC2(C)CC[C@]3(C)C(CCC4C5(C)[C@H]6O[C@H]6C(=O)C(C)(C)[C@@H]5CCC43C)[C@@H]12. The Morgan fingerprint density at radius 2 is 1.53 bits per heavy atom. The zero-order valence-electron chi connectivity index (χ0n) is 22.1. The van der Waals surface area contributed by atoms with Gasteiger partial charge in [0.25, 0.3) is 0 Å². The number of hydrogen-bond donors (Lipinski definition) is 0. The molecule has 2 heteroatoms. The molecule has 6 rings (SSSR count). The van der Waals surface area contributed by atoms with E-state index in [9.17, 15) is 4.79 Å². The zero-order valence-corrected chi connectivity index (χ0v) is 22.1. The highest BCUT2D eigenvalue weighted by molar-refractivity contribution is 5.92. The average Bonchev–Trinajstić information content (AvgIpc) is 3.44. The van der Waals surface area contributed by atoms with Crippen LogP contribution in [0.1, 0.15) is 107 Å². The standard InChI is InChI=1S/C30H48O2/c1-17(2)18-11-13-27(5)15-16-28(6)19(22(18)27)9-10-21-29(28,7)14-12-20-26(3,4)24(31)23-25(32-23)30(20,21)8/h17-23,25H,9-16H2,1-8H3/t18-,19?,20-,21?,22+,23-,25-,27?,28+,29?,30?/m0/s1. The second kappa shape index (κ2) is 6.24. The van der Waals surface area contributed by atoms with Gasteiger partial charge in [-0.25, -0.2) is 0 Å². The van der Waals surface area contributed by atoms with Gasteiger partial charge in [0.15, 0.2) is 5.78 Å². The number of ether oxygens (including phenoxy) is 1. The van der Waals surface area contributed by atoms with Crippen molar-refractivity contribution in [2.45, 2.75) is 119 Å². The number of epoxide rings is 1. The van der Waals surface area contributed by atoms with Crippen LogP contribution in [0.15, 0.2) is 0 Å². The van der Waals surface area contributed by atoms with Crippen molar-refractivity contribution in [2.24, 2.45) is 62.6 Å². The summed E-state index contributed by atoms with van der Waals surface area (Å²) in [6, 6.07) is 0.